The highest BCUT2D eigenvalue weighted by Gasteiger charge is 2.23. The molecule has 1 heterocycles. The molecule has 0 bridgehead atoms. The van der Waals surface area contributed by atoms with E-state index in [0.717, 1.165) is 25.8 Å². The quantitative estimate of drug-likeness (QED) is 0.697. The van der Waals surface area contributed by atoms with Gasteiger partial charge in [-0.1, -0.05) is 6.42 Å². The summed E-state index contributed by atoms with van der Waals surface area (Å²) in [5.41, 5.74) is 0. The fourth-order valence-electron chi connectivity index (χ4n) is 1.88. The van der Waals surface area contributed by atoms with Crippen LogP contribution in [0.25, 0.3) is 0 Å². The number of sulfonamides is 1. The first kappa shape index (κ1) is 14.4. The zero-order valence-electron chi connectivity index (χ0n) is 10.1. The fourth-order valence-corrected chi connectivity index (χ4v) is 3.03. The van der Waals surface area contributed by atoms with E-state index < -0.39 is 16.0 Å². The van der Waals surface area contributed by atoms with E-state index >= 15 is 0 Å². The Hall–Kier alpha value is -0.660. The molecule has 6 nitrogen and oxygen atoms in total. The summed E-state index contributed by atoms with van der Waals surface area (Å²) < 4.78 is 24.7. The van der Waals surface area contributed by atoms with Crippen LogP contribution in [0.3, 0.4) is 0 Å². The molecule has 1 saturated heterocycles. The molecule has 1 fully saturated rings. The first-order chi connectivity index (χ1) is 7.92. The summed E-state index contributed by atoms with van der Waals surface area (Å²) in [5.74, 6) is -1.41. The third kappa shape index (κ3) is 5.01. The van der Waals surface area contributed by atoms with E-state index in [1.165, 1.54) is 11.4 Å². The van der Waals surface area contributed by atoms with Gasteiger partial charge in [-0.15, -0.1) is 0 Å². The number of piperidine rings is 1. The third-order valence-electron chi connectivity index (χ3n) is 2.94. The lowest BCUT2D eigenvalue weighted by molar-refractivity contribution is -0.136. The van der Waals surface area contributed by atoms with Gasteiger partial charge in [0, 0.05) is 19.6 Å². The summed E-state index contributed by atoms with van der Waals surface area (Å²) in [6.45, 7) is 1.34. The van der Waals surface area contributed by atoms with Crippen LogP contribution in [-0.2, 0) is 14.8 Å². The van der Waals surface area contributed by atoms with E-state index in [0.29, 0.717) is 6.54 Å². The standard InChI is InChI=1S/C10H20N2O4S/c1-12(8-9-4-2-3-6-11-9)17(15,16)7-5-10(13)14/h9,11H,2-8H2,1H3,(H,13,14). The number of carboxylic acid groups (broad SMARTS) is 1. The van der Waals surface area contributed by atoms with Crippen LogP contribution in [-0.4, -0.2) is 55.7 Å². The van der Waals surface area contributed by atoms with E-state index in [-0.39, 0.29) is 18.2 Å². The number of hydrogen-bond acceptors (Lipinski definition) is 4. The maximum absolute atomic E-state index is 11.7. The van der Waals surface area contributed by atoms with Gasteiger partial charge in [-0.2, -0.15) is 0 Å². The van der Waals surface area contributed by atoms with Gasteiger partial charge in [-0.05, 0) is 19.4 Å². The molecule has 0 saturated carbocycles. The van der Waals surface area contributed by atoms with Gasteiger partial charge < -0.3 is 10.4 Å². The van der Waals surface area contributed by atoms with Crippen LogP contribution in [0, 0.1) is 0 Å². The lowest BCUT2D eigenvalue weighted by Crippen LogP contribution is -2.44. The first-order valence-corrected chi connectivity index (χ1v) is 7.42. The summed E-state index contributed by atoms with van der Waals surface area (Å²) in [6.07, 6.45) is 2.87. The molecule has 1 atom stereocenters. The first-order valence-electron chi connectivity index (χ1n) is 5.81. The molecule has 0 aromatic rings. The van der Waals surface area contributed by atoms with Crippen LogP contribution < -0.4 is 5.32 Å². The summed E-state index contributed by atoms with van der Waals surface area (Å²) in [5, 5.41) is 11.7. The minimum atomic E-state index is -3.44. The van der Waals surface area contributed by atoms with Crippen LogP contribution >= 0.6 is 0 Å². The number of hydrogen-bond donors (Lipinski definition) is 2. The molecule has 7 heteroatoms. The van der Waals surface area contributed by atoms with Crippen LogP contribution in [0.4, 0.5) is 0 Å². The highest BCUT2D eigenvalue weighted by Crippen LogP contribution is 2.10. The Morgan fingerprint density at radius 1 is 1.47 bits per heavy atom. The van der Waals surface area contributed by atoms with Crippen molar-refractivity contribution >= 4 is 16.0 Å². The fraction of sp³-hybridized carbons (Fsp3) is 0.900. The van der Waals surface area contributed by atoms with E-state index in [1.54, 1.807) is 0 Å². The molecule has 0 aromatic heterocycles. The molecule has 1 rings (SSSR count). The van der Waals surface area contributed by atoms with E-state index in [1.807, 2.05) is 0 Å². The SMILES string of the molecule is CN(CC1CCCCN1)S(=O)(=O)CCC(=O)O. The molecule has 17 heavy (non-hydrogen) atoms. The van der Waals surface area contributed by atoms with E-state index in [9.17, 15) is 13.2 Å². The second kappa shape index (κ2) is 6.32. The predicted molar refractivity (Wildman–Crippen MR) is 64.3 cm³/mol. The lowest BCUT2D eigenvalue weighted by atomic mass is 10.1. The van der Waals surface area contributed by atoms with Gasteiger partial charge in [-0.25, -0.2) is 12.7 Å². The molecule has 1 aliphatic heterocycles. The van der Waals surface area contributed by atoms with Crippen LogP contribution in [0.15, 0.2) is 0 Å². The number of carboxylic acids is 1. The Labute approximate surface area is 102 Å². The van der Waals surface area contributed by atoms with Crippen molar-refractivity contribution in [2.24, 2.45) is 0 Å². The van der Waals surface area contributed by atoms with Crippen molar-refractivity contribution in [2.45, 2.75) is 31.7 Å². The monoisotopic (exact) mass is 264 g/mol. The minimum absolute atomic E-state index is 0.188. The second-order valence-electron chi connectivity index (χ2n) is 4.39. The van der Waals surface area contributed by atoms with Gasteiger partial charge in [0.2, 0.25) is 10.0 Å². The Bertz CT molecular complexity index is 349. The number of rotatable bonds is 6. The maximum Gasteiger partial charge on any atom is 0.304 e. The van der Waals surface area contributed by atoms with Crippen molar-refractivity contribution in [2.75, 3.05) is 25.9 Å². The largest absolute Gasteiger partial charge is 0.481 e. The lowest BCUT2D eigenvalue weighted by Gasteiger charge is -2.27. The van der Waals surface area contributed by atoms with E-state index in [2.05, 4.69) is 5.32 Å². The maximum atomic E-state index is 11.7. The highest BCUT2D eigenvalue weighted by molar-refractivity contribution is 7.89. The molecular formula is C10H20N2O4S. The van der Waals surface area contributed by atoms with Crippen molar-refractivity contribution in [1.29, 1.82) is 0 Å². The molecule has 0 radical (unpaired) electrons. The summed E-state index contributed by atoms with van der Waals surface area (Å²) >= 11 is 0. The van der Waals surface area contributed by atoms with Gasteiger partial charge in [0.25, 0.3) is 0 Å². The van der Waals surface area contributed by atoms with E-state index in [4.69, 9.17) is 5.11 Å². The molecule has 1 aliphatic rings. The normalized spacial score (nSPS) is 21.6. The predicted octanol–water partition coefficient (Wildman–Crippen LogP) is -0.135. The van der Waals surface area contributed by atoms with Crippen LogP contribution in [0.1, 0.15) is 25.7 Å². The molecule has 0 aliphatic carbocycles. The van der Waals surface area contributed by atoms with Gasteiger partial charge >= 0.3 is 5.97 Å². The number of nitrogens with zero attached hydrogens (tertiary/aromatic N) is 1. The Balaban J connectivity index is 2.44. The van der Waals surface area contributed by atoms with Crippen molar-refractivity contribution in [1.82, 2.24) is 9.62 Å². The van der Waals surface area contributed by atoms with Gasteiger partial charge in [0.15, 0.2) is 0 Å². The summed E-state index contributed by atoms with van der Waals surface area (Å²) in [4.78, 5) is 10.4. The van der Waals surface area contributed by atoms with Crippen molar-refractivity contribution in [3.63, 3.8) is 0 Å². The zero-order chi connectivity index (χ0) is 12.9. The average Bonchev–Trinajstić information content (AvgIpc) is 2.28. The summed E-state index contributed by atoms with van der Waals surface area (Å²) in [7, 11) is -1.93. The second-order valence-corrected chi connectivity index (χ2v) is 6.58. The van der Waals surface area contributed by atoms with Gasteiger partial charge in [-0.3, -0.25) is 4.79 Å². The molecular weight excluding hydrogens is 244 g/mol. The Morgan fingerprint density at radius 3 is 2.71 bits per heavy atom. The molecule has 0 amide bonds. The van der Waals surface area contributed by atoms with Crippen LogP contribution in [0.5, 0.6) is 0 Å². The van der Waals surface area contributed by atoms with Gasteiger partial charge in [0.1, 0.15) is 0 Å². The van der Waals surface area contributed by atoms with Crippen molar-refractivity contribution < 1.29 is 18.3 Å². The minimum Gasteiger partial charge on any atom is -0.481 e. The average molecular weight is 264 g/mol. The van der Waals surface area contributed by atoms with Crippen molar-refractivity contribution in [3.05, 3.63) is 0 Å². The molecule has 0 spiro atoms. The molecule has 2 N–H and O–H groups in total. The number of aliphatic carboxylic acids is 1. The summed E-state index contributed by atoms with van der Waals surface area (Å²) in [6, 6.07) is 0.188. The molecule has 100 valence electrons. The third-order valence-corrected chi connectivity index (χ3v) is 4.76. The number of nitrogens with one attached hydrogen (secondary N) is 1. The smallest absolute Gasteiger partial charge is 0.304 e. The number of carbonyl (C=O) groups is 1. The van der Waals surface area contributed by atoms with Crippen LogP contribution in [0.2, 0.25) is 0 Å². The Kier molecular flexibility index (Phi) is 5.35. The highest BCUT2D eigenvalue weighted by atomic mass is 32.2. The molecule has 0 aromatic carbocycles. The number of likely N-dealkylation sites (N-methyl/N-ethyl adjacent to an activating group) is 1. The van der Waals surface area contributed by atoms with Gasteiger partial charge in [0.05, 0.1) is 12.2 Å². The Morgan fingerprint density at radius 2 is 2.18 bits per heavy atom. The van der Waals surface area contributed by atoms with Crippen molar-refractivity contribution in [3.8, 4) is 0 Å². The molecule has 1 unspecified atom stereocenters. The topological polar surface area (TPSA) is 86.7 Å². The zero-order valence-corrected chi connectivity index (χ0v) is 10.9.